The molecule has 0 aliphatic heterocycles. The summed E-state index contributed by atoms with van der Waals surface area (Å²) in [7, 11) is 0. The molecule has 1 saturated carbocycles. The van der Waals surface area contributed by atoms with Gasteiger partial charge in [-0.1, -0.05) is 39.6 Å². The minimum absolute atomic E-state index is 0.0104. The molecule has 0 bridgehead atoms. The van der Waals surface area contributed by atoms with E-state index < -0.39 is 5.97 Å². The molecule has 0 saturated heterocycles. The highest BCUT2D eigenvalue weighted by Gasteiger charge is 2.17. The number of carbonyl (C=O) groups is 1. The van der Waals surface area contributed by atoms with Crippen molar-refractivity contribution in [1.82, 2.24) is 0 Å². The van der Waals surface area contributed by atoms with Gasteiger partial charge in [0.05, 0.1) is 11.1 Å². The van der Waals surface area contributed by atoms with Gasteiger partial charge in [-0.15, -0.1) is 11.6 Å². The van der Waals surface area contributed by atoms with Gasteiger partial charge in [-0.05, 0) is 43.0 Å². The highest BCUT2D eigenvalue weighted by Crippen LogP contribution is 2.19. The molecule has 0 radical (unpaired) electrons. The van der Waals surface area contributed by atoms with Crippen LogP contribution in [-0.2, 0) is 4.79 Å². The van der Waals surface area contributed by atoms with Crippen molar-refractivity contribution in [1.29, 1.82) is 0 Å². The van der Waals surface area contributed by atoms with Gasteiger partial charge in [-0.25, -0.2) is 4.79 Å². The van der Waals surface area contributed by atoms with Crippen LogP contribution in [0.25, 0.3) is 6.08 Å². The van der Waals surface area contributed by atoms with Crippen LogP contribution in [0.2, 0.25) is 0 Å². The summed E-state index contributed by atoms with van der Waals surface area (Å²) in [6.07, 6.45) is 6.76. The molecule has 2 N–H and O–H groups in total. The summed E-state index contributed by atoms with van der Waals surface area (Å²) in [6.45, 7) is 0. The lowest BCUT2D eigenvalue weighted by atomic mass is 9.98. The molecule has 4 nitrogen and oxygen atoms in total. The first-order valence-corrected chi connectivity index (χ1v) is 7.77. The second-order valence-electron chi connectivity index (χ2n) is 4.53. The van der Waals surface area contributed by atoms with Crippen molar-refractivity contribution in [3.05, 3.63) is 40.4 Å². The highest BCUT2D eigenvalue weighted by molar-refractivity contribution is 9.10. The zero-order valence-corrected chi connectivity index (χ0v) is 13.7. The van der Waals surface area contributed by atoms with Crippen LogP contribution in [0, 0.1) is 0 Å². The molecule has 1 fully saturated rings. The standard InChI is InChI=1S/C9H7BrO2.C6H10ClNO/c10-8-3-1-2-7(6-8)4-5-9(11)12;7-5-3-1-2-4-6(5)8-9/h1-6H,(H,11,12);5,9H,1-4H2. The molecule has 1 aromatic rings. The normalized spacial score (nSPS) is 20.1. The van der Waals surface area contributed by atoms with Crippen molar-refractivity contribution >= 4 is 45.3 Å². The molecule has 0 heterocycles. The summed E-state index contributed by atoms with van der Waals surface area (Å²) >= 11 is 9.08. The first kappa shape index (κ1) is 17.7. The second kappa shape index (κ2) is 9.58. The molecule has 1 aliphatic rings. The van der Waals surface area contributed by atoms with Gasteiger partial charge in [-0.2, -0.15) is 0 Å². The average molecular weight is 375 g/mol. The minimum atomic E-state index is -0.935. The van der Waals surface area contributed by atoms with Crippen LogP contribution < -0.4 is 0 Å². The Bertz CT molecular complexity index is 531. The molecule has 0 aromatic heterocycles. The summed E-state index contributed by atoms with van der Waals surface area (Å²) in [5.74, 6) is -0.935. The Morgan fingerprint density at radius 2 is 2.19 bits per heavy atom. The summed E-state index contributed by atoms with van der Waals surface area (Å²) in [5.41, 5.74) is 1.62. The fourth-order valence-corrected chi connectivity index (χ4v) is 2.57. The van der Waals surface area contributed by atoms with Gasteiger partial charge in [0, 0.05) is 10.5 Å². The van der Waals surface area contributed by atoms with E-state index in [0.717, 1.165) is 47.5 Å². The number of carboxylic acid groups (broad SMARTS) is 1. The summed E-state index contributed by atoms with van der Waals surface area (Å²) in [5, 5.41) is 19.8. The Balaban J connectivity index is 0.000000219. The predicted octanol–water partition coefficient (Wildman–Crippen LogP) is 4.54. The van der Waals surface area contributed by atoms with Crippen LogP contribution >= 0.6 is 27.5 Å². The van der Waals surface area contributed by atoms with Crippen molar-refractivity contribution in [3.8, 4) is 0 Å². The number of alkyl halides is 1. The van der Waals surface area contributed by atoms with Gasteiger partial charge in [-0.3, -0.25) is 0 Å². The topological polar surface area (TPSA) is 69.9 Å². The SMILES string of the molecule is O=C(O)C=Cc1cccc(Br)c1.ON=C1CCCCC1Cl. The van der Waals surface area contributed by atoms with E-state index in [1.807, 2.05) is 24.3 Å². The molecular formula is C15H17BrClNO3. The summed E-state index contributed by atoms with van der Waals surface area (Å²) in [6, 6.07) is 7.42. The molecule has 2 rings (SSSR count). The third-order valence-electron chi connectivity index (χ3n) is 2.90. The van der Waals surface area contributed by atoms with Crippen molar-refractivity contribution < 1.29 is 15.1 Å². The maximum Gasteiger partial charge on any atom is 0.328 e. The van der Waals surface area contributed by atoms with Crippen molar-refractivity contribution in [2.45, 2.75) is 31.1 Å². The Kier molecular flexibility index (Phi) is 8.08. The van der Waals surface area contributed by atoms with Gasteiger partial charge in [0.1, 0.15) is 0 Å². The van der Waals surface area contributed by atoms with Crippen LogP contribution in [0.5, 0.6) is 0 Å². The largest absolute Gasteiger partial charge is 0.478 e. The molecule has 0 amide bonds. The van der Waals surface area contributed by atoms with Gasteiger partial charge >= 0.3 is 5.97 Å². The van der Waals surface area contributed by atoms with Crippen LogP contribution in [0.4, 0.5) is 0 Å². The third kappa shape index (κ3) is 7.29. The lowest BCUT2D eigenvalue weighted by molar-refractivity contribution is -0.131. The fourth-order valence-electron chi connectivity index (χ4n) is 1.84. The number of oxime groups is 1. The zero-order chi connectivity index (χ0) is 15.7. The lowest BCUT2D eigenvalue weighted by Gasteiger charge is -2.15. The Morgan fingerprint density at radius 1 is 1.43 bits per heavy atom. The third-order valence-corrected chi connectivity index (χ3v) is 3.86. The van der Waals surface area contributed by atoms with Crippen LogP contribution in [0.15, 0.2) is 40.0 Å². The molecule has 1 atom stereocenters. The van der Waals surface area contributed by atoms with Crippen molar-refractivity contribution in [2.75, 3.05) is 0 Å². The van der Waals surface area contributed by atoms with Gasteiger partial charge in [0.15, 0.2) is 0 Å². The number of benzene rings is 1. The molecule has 1 aliphatic carbocycles. The van der Waals surface area contributed by atoms with E-state index >= 15 is 0 Å². The Morgan fingerprint density at radius 3 is 2.71 bits per heavy atom. The zero-order valence-electron chi connectivity index (χ0n) is 11.4. The van der Waals surface area contributed by atoms with E-state index in [-0.39, 0.29) is 5.38 Å². The molecule has 1 aromatic carbocycles. The molecule has 1 unspecified atom stereocenters. The number of hydrogen-bond donors (Lipinski definition) is 2. The first-order chi connectivity index (χ1) is 10.0. The molecular weight excluding hydrogens is 358 g/mol. The number of carboxylic acids is 1. The van der Waals surface area contributed by atoms with E-state index in [1.54, 1.807) is 6.08 Å². The predicted molar refractivity (Wildman–Crippen MR) is 88.1 cm³/mol. The number of hydrogen-bond acceptors (Lipinski definition) is 3. The Hall–Kier alpha value is -1.33. The minimum Gasteiger partial charge on any atom is -0.478 e. The number of rotatable bonds is 2. The second-order valence-corrected chi connectivity index (χ2v) is 5.97. The number of halogens is 2. The van der Waals surface area contributed by atoms with Gasteiger partial charge < -0.3 is 10.3 Å². The molecule has 0 spiro atoms. The van der Waals surface area contributed by atoms with Crippen LogP contribution in [0.1, 0.15) is 31.2 Å². The van der Waals surface area contributed by atoms with E-state index in [2.05, 4.69) is 21.1 Å². The van der Waals surface area contributed by atoms with E-state index in [4.69, 9.17) is 21.9 Å². The van der Waals surface area contributed by atoms with E-state index in [1.165, 1.54) is 0 Å². The maximum absolute atomic E-state index is 10.2. The molecule has 6 heteroatoms. The first-order valence-electron chi connectivity index (χ1n) is 6.54. The quantitative estimate of drug-likeness (QED) is 0.345. The van der Waals surface area contributed by atoms with Crippen LogP contribution in [0.3, 0.4) is 0 Å². The lowest BCUT2D eigenvalue weighted by Crippen LogP contribution is -2.18. The fraction of sp³-hybridized carbons (Fsp3) is 0.333. The van der Waals surface area contributed by atoms with Crippen molar-refractivity contribution in [2.24, 2.45) is 5.16 Å². The van der Waals surface area contributed by atoms with Crippen molar-refractivity contribution in [3.63, 3.8) is 0 Å². The molecule has 114 valence electrons. The summed E-state index contributed by atoms with van der Waals surface area (Å²) < 4.78 is 0.940. The maximum atomic E-state index is 10.2. The van der Waals surface area contributed by atoms with E-state index in [0.29, 0.717) is 0 Å². The smallest absolute Gasteiger partial charge is 0.328 e. The summed E-state index contributed by atoms with van der Waals surface area (Å²) in [4.78, 5) is 10.2. The number of nitrogens with zero attached hydrogens (tertiary/aromatic N) is 1. The van der Waals surface area contributed by atoms with Gasteiger partial charge in [0.2, 0.25) is 0 Å². The average Bonchev–Trinajstić information content (AvgIpc) is 2.46. The van der Waals surface area contributed by atoms with Crippen LogP contribution in [-0.4, -0.2) is 27.4 Å². The highest BCUT2D eigenvalue weighted by atomic mass is 79.9. The number of aliphatic carboxylic acids is 1. The monoisotopic (exact) mass is 373 g/mol. The Labute approximate surface area is 137 Å². The molecule has 21 heavy (non-hydrogen) atoms. The van der Waals surface area contributed by atoms with E-state index in [9.17, 15) is 4.79 Å². The van der Waals surface area contributed by atoms with Gasteiger partial charge in [0.25, 0.3) is 0 Å².